The summed E-state index contributed by atoms with van der Waals surface area (Å²) in [6, 6.07) is 19.1. The van der Waals surface area contributed by atoms with Gasteiger partial charge in [-0.25, -0.2) is 0 Å². The molecule has 0 aliphatic rings. The third-order valence-corrected chi connectivity index (χ3v) is 6.90. The predicted octanol–water partition coefficient (Wildman–Crippen LogP) is 8.42. The van der Waals surface area contributed by atoms with Crippen molar-refractivity contribution in [2.45, 2.75) is 40.8 Å². The maximum atomic E-state index is 14.1. The molecule has 0 aliphatic heterocycles. The fourth-order valence-electron chi connectivity index (χ4n) is 4.31. The van der Waals surface area contributed by atoms with Gasteiger partial charge in [-0.3, -0.25) is 9.59 Å². The van der Waals surface area contributed by atoms with E-state index in [4.69, 9.17) is 0 Å². The number of rotatable bonds is 5. The number of aryl methyl sites for hydroxylation is 5. The van der Waals surface area contributed by atoms with Gasteiger partial charge in [-0.05, 0) is 122 Å². The number of benzene rings is 4. The topological polar surface area (TPSA) is 58.2 Å². The Bertz CT molecular complexity index is 1590. The molecule has 39 heavy (non-hydrogen) atoms. The Kier molecular flexibility index (Phi) is 7.63. The maximum Gasteiger partial charge on any atom is 0.417 e. The van der Waals surface area contributed by atoms with Gasteiger partial charge in [0.15, 0.2) is 0 Å². The van der Waals surface area contributed by atoms with Crippen LogP contribution < -0.4 is 10.6 Å². The maximum absolute atomic E-state index is 14.1. The first-order valence-electron chi connectivity index (χ1n) is 12.4. The summed E-state index contributed by atoms with van der Waals surface area (Å²) in [5, 5.41) is 5.39. The highest BCUT2D eigenvalue weighted by Crippen LogP contribution is 2.40. The molecule has 2 N–H and O–H groups in total. The Balaban J connectivity index is 1.61. The Labute approximate surface area is 225 Å². The molecule has 0 unspecified atom stereocenters. The summed E-state index contributed by atoms with van der Waals surface area (Å²) in [6.07, 6.45) is -4.65. The summed E-state index contributed by atoms with van der Waals surface area (Å²) in [6.45, 7) is 9.35. The van der Waals surface area contributed by atoms with Crippen molar-refractivity contribution in [2.24, 2.45) is 0 Å². The summed E-state index contributed by atoms with van der Waals surface area (Å²) < 4.78 is 42.4. The summed E-state index contributed by atoms with van der Waals surface area (Å²) in [5.74, 6) is -0.788. The van der Waals surface area contributed by atoms with E-state index in [0.717, 1.165) is 28.3 Å². The van der Waals surface area contributed by atoms with E-state index in [2.05, 4.69) is 10.6 Å². The average molecular weight is 531 g/mol. The third kappa shape index (κ3) is 6.20. The van der Waals surface area contributed by atoms with E-state index in [-0.39, 0.29) is 17.2 Å². The molecule has 2 amide bonds. The first-order chi connectivity index (χ1) is 18.3. The van der Waals surface area contributed by atoms with Crippen LogP contribution >= 0.6 is 0 Å². The standard InChI is InChI=1S/C32H29F3N2O2/c1-18-6-8-23(14-20(18)3)30(38)36-25-10-12-27(22(5)16-25)28-13-11-26(17-29(28)32(33,34)35)37-31(39)24-9-7-19(2)21(4)15-24/h6-17H,1-5H3,(H,36,38)(H,37,39). The van der Waals surface area contributed by atoms with Crippen molar-refractivity contribution in [1.82, 2.24) is 0 Å². The fraction of sp³-hybridized carbons (Fsp3) is 0.188. The number of nitrogens with one attached hydrogen (secondary N) is 2. The summed E-state index contributed by atoms with van der Waals surface area (Å²) in [4.78, 5) is 25.4. The molecule has 0 aliphatic carbocycles. The highest BCUT2D eigenvalue weighted by molar-refractivity contribution is 6.05. The van der Waals surface area contributed by atoms with Gasteiger partial charge in [-0.2, -0.15) is 13.2 Å². The SMILES string of the molecule is Cc1ccc(C(=O)Nc2ccc(-c3ccc(NC(=O)c4ccc(C)c(C)c4)cc3C(F)(F)F)c(C)c2)cc1C. The van der Waals surface area contributed by atoms with Crippen LogP contribution in [0.4, 0.5) is 24.5 Å². The first kappa shape index (κ1) is 27.6. The average Bonchev–Trinajstić information content (AvgIpc) is 2.87. The molecule has 0 bridgehead atoms. The van der Waals surface area contributed by atoms with Crippen molar-refractivity contribution in [3.63, 3.8) is 0 Å². The van der Waals surface area contributed by atoms with Crippen molar-refractivity contribution >= 4 is 23.2 Å². The largest absolute Gasteiger partial charge is 0.417 e. The van der Waals surface area contributed by atoms with Gasteiger partial charge in [0.1, 0.15) is 0 Å². The lowest BCUT2D eigenvalue weighted by Gasteiger charge is -2.17. The molecule has 0 radical (unpaired) electrons. The lowest BCUT2D eigenvalue weighted by Crippen LogP contribution is -2.14. The number of carbonyl (C=O) groups excluding carboxylic acids is 2. The lowest BCUT2D eigenvalue weighted by atomic mass is 9.94. The van der Waals surface area contributed by atoms with E-state index in [1.165, 1.54) is 12.1 Å². The second kappa shape index (κ2) is 10.8. The molecule has 0 fully saturated rings. The zero-order valence-electron chi connectivity index (χ0n) is 22.4. The zero-order chi connectivity index (χ0) is 28.5. The van der Waals surface area contributed by atoms with Gasteiger partial charge in [0.2, 0.25) is 0 Å². The van der Waals surface area contributed by atoms with Crippen molar-refractivity contribution in [3.8, 4) is 11.1 Å². The summed E-state index contributed by atoms with van der Waals surface area (Å²) >= 11 is 0. The minimum absolute atomic E-state index is 0.0174. The second-order valence-electron chi connectivity index (χ2n) is 9.79. The molecule has 4 nitrogen and oxygen atoms in total. The van der Waals surface area contributed by atoms with Gasteiger partial charge in [-0.1, -0.05) is 24.3 Å². The Hall–Kier alpha value is -4.39. The van der Waals surface area contributed by atoms with Crippen molar-refractivity contribution in [1.29, 1.82) is 0 Å². The van der Waals surface area contributed by atoms with Gasteiger partial charge in [0.25, 0.3) is 11.8 Å². The molecule has 4 aromatic carbocycles. The Morgan fingerprint density at radius 2 is 1.00 bits per heavy atom. The number of alkyl halides is 3. The van der Waals surface area contributed by atoms with E-state index in [9.17, 15) is 22.8 Å². The van der Waals surface area contributed by atoms with E-state index in [1.54, 1.807) is 55.5 Å². The van der Waals surface area contributed by atoms with Crippen LogP contribution in [-0.4, -0.2) is 11.8 Å². The van der Waals surface area contributed by atoms with Crippen LogP contribution in [0.5, 0.6) is 0 Å². The highest BCUT2D eigenvalue weighted by atomic mass is 19.4. The number of carbonyl (C=O) groups is 2. The van der Waals surface area contributed by atoms with Gasteiger partial charge in [0.05, 0.1) is 5.56 Å². The van der Waals surface area contributed by atoms with Crippen LogP contribution in [0, 0.1) is 34.6 Å². The molecule has 0 saturated carbocycles. The minimum atomic E-state index is -4.65. The molecule has 0 saturated heterocycles. The van der Waals surface area contributed by atoms with Crippen LogP contribution in [0.15, 0.2) is 72.8 Å². The smallest absolute Gasteiger partial charge is 0.322 e. The van der Waals surface area contributed by atoms with Crippen LogP contribution in [0.25, 0.3) is 11.1 Å². The molecule has 0 aromatic heterocycles. The van der Waals surface area contributed by atoms with Crippen LogP contribution in [0.3, 0.4) is 0 Å². The van der Waals surface area contributed by atoms with Crippen molar-refractivity contribution in [3.05, 3.63) is 117 Å². The number of amides is 2. The minimum Gasteiger partial charge on any atom is -0.322 e. The van der Waals surface area contributed by atoms with Gasteiger partial charge < -0.3 is 10.6 Å². The monoisotopic (exact) mass is 530 g/mol. The van der Waals surface area contributed by atoms with Crippen LogP contribution in [0.2, 0.25) is 0 Å². The van der Waals surface area contributed by atoms with Gasteiger partial charge in [-0.15, -0.1) is 0 Å². The zero-order valence-corrected chi connectivity index (χ0v) is 22.4. The number of halogens is 3. The van der Waals surface area contributed by atoms with E-state index >= 15 is 0 Å². The van der Waals surface area contributed by atoms with Crippen LogP contribution in [0.1, 0.15) is 54.1 Å². The molecule has 7 heteroatoms. The fourth-order valence-corrected chi connectivity index (χ4v) is 4.31. The predicted molar refractivity (Wildman–Crippen MR) is 149 cm³/mol. The highest BCUT2D eigenvalue weighted by Gasteiger charge is 2.34. The Morgan fingerprint density at radius 3 is 1.44 bits per heavy atom. The second-order valence-corrected chi connectivity index (χ2v) is 9.79. The third-order valence-electron chi connectivity index (χ3n) is 6.90. The number of hydrogen-bond acceptors (Lipinski definition) is 2. The number of hydrogen-bond donors (Lipinski definition) is 2. The lowest BCUT2D eigenvalue weighted by molar-refractivity contribution is -0.137. The quantitative estimate of drug-likeness (QED) is 0.272. The van der Waals surface area contributed by atoms with E-state index in [1.807, 2.05) is 33.8 Å². The normalized spacial score (nSPS) is 11.3. The molecule has 4 rings (SSSR count). The molecule has 200 valence electrons. The van der Waals surface area contributed by atoms with Gasteiger partial charge >= 0.3 is 6.18 Å². The van der Waals surface area contributed by atoms with Crippen molar-refractivity contribution < 1.29 is 22.8 Å². The van der Waals surface area contributed by atoms with E-state index < -0.39 is 17.6 Å². The van der Waals surface area contributed by atoms with Crippen LogP contribution in [-0.2, 0) is 6.18 Å². The molecule has 0 atom stereocenters. The molecular formula is C32H29F3N2O2. The first-order valence-corrected chi connectivity index (χ1v) is 12.4. The van der Waals surface area contributed by atoms with E-state index in [0.29, 0.717) is 27.9 Å². The molecular weight excluding hydrogens is 501 g/mol. The molecule has 4 aromatic rings. The summed E-state index contributed by atoms with van der Waals surface area (Å²) in [7, 11) is 0. The van der Waals surface area contributed by atoms with Gasteiger partial charge in [0, 0.05) is 22.5 Å². The molecule has 0 heterocycles. The van der Waals surface area contributed by atoms with Crippen molar-refractivity contribution in [2.75, 3.05) is 10.6 Å². The summed E-state index contributed by atoms with van der Waals surface area (Å²) in [5.41, 5.74) is 5.43. The molecule has 0 spiro atoms. The Morgan fingerprint density at radius 1 is 0.538 bits per heavy atom. The number of anilines is 2.